The van der Waals surface area contributed by atoms with Crippen LogP contribution in [0.3, 0.4) is 0 Å². The van der Waals surface area contributed by atoms with E-state index in [2.05, 4.69) is 81.4 Å². The lowest BCUT2D eigenvalue weighted by atomic mass is 9.94. The molecular weight excluding hydrogens is 426 g/mol. The van der Waals surface area contributed by atoms with Gasteiger partial charge in [0.15, 0.2) is 0 Å². The summed E-state index contributed by atoms with van der Waals surface area (Å²) in [4.78, 5) is 16.6. The van der Waals surface area contributed by atoms with E-state index in [0.29, 0.717) is 24.2 Å². The van der Waals surface area contributed by atoms with Gasteiger partial charge < -0.3 is 25.0 Å². The lowest BCUT2D eigenvalue weighted by Crippen LogP contribution is -2.28. The van der Waals surface area contributed by atoms with Crippen molar-refractivity contribution < 1.29 is 14.6 Å². The Hall–Kier alpha value is -2.99. The molecule has 1 saturated heterocycles. The van der Waals surface area contributed by atoms with Crippen molar-refractivity contribution >= 4 is 17.0 Å². The van der Waals surface area contributed by atoms with Crippen LogP contribution >= 0.6 is 0 Å². The molecule has 1 aliphatic heterocycles. The molecule has 6 nitrogen and oxygen atoms in total. The summed E-state index contributed by atoms with van der Waals surface area (Å²) in [5.41, 5.74) is 5.83. The number of para-hydroxylation sites is 1. The van der Waals surface area contributed by atoms with Gasteiger partial charge in [0.05, 0.1) is 6.04 Å². The van der Waals surface area contributed by atoms with E-state index in [1.165, 1.54) is 22.0 Å². The Labute approximate surface area is 203 Å². The van der Waals surface area contributed by atoms with Gasteiger partial charge in [0, 0.05) is 23.6 Å². The molecule has 4 rings (SSSR count). The summed E-state index contributed by atoms with van der Waals surface area (Å²) >= 11 is 0. The summed E-state index contributed by atoms with van der Waals surface area (Å²) < 4.78 is 4.94. The van der Waals surface area contributed by atoms with Gasteiger partial charge in [0.25, 0.3) is 0 Å². The Morgan fingerprint density at radius 3 is 2.32 bits per heavy atom. The molecule has 0 spiro atoms. The number of H-pyrrole nitrogens is 1. The molecule has 184 valence electrons. The number of phenolic OH excluding ortho intramolecular Hbond substituents is 1. The fourth-order valence-electron chi connectivity index (χ4n) is 4.24. The number of aromatic nitrogens is 1. The first-order valence-corrected chi connectivity index (χ1v) is 12.1. The first-order valence-electron chi connectivity index (χ1n) is 12.1. The van der Waals surface area contributed by atoms with Crippen LogP contribution in [0, 0.1) is 0 Å². The number of amides is 1. The second-order valence-electron chi connectivity index (χ2n) is 9.99. The molecule has 0 bridgehead atoms. The van der Waals surface area contributed by atoms with Gasteiger partial charge in [-0.05, 0) is 73.2 Å². The minimum atomic E-state index is -0.311. The van der Waals surface area contributed by atoms with E-state index >= 15 is 0 Å². The Balaban J connectivity index is 0.000000215. The SMILES string of the molecule is CC(C)c1cccc(C(C)C)c1O.CN(C)CCc1c[nH]c2ccc(C[C@H]3COC(=O)N3)cc12. The van der Waals surface area contributed by atoms with Gasteiger partial charge in [0.1, 0.15) is 12.4 Å². The third-order valence-corrected chi connectivity index (χ3v) is 6.22. The Bertz CT molecular complexity index is 1080. The van der Waals surface area contributed by atoms with E-state index in [1.807, 2.05) is 18.2 Å². The molecule has 0 saturated carbocycles. The Morgan fingerprint density at radius 2 is 1.76 bits per heavy atom. The van der Waals surface area contributed by atoms with Crippen LogP contribution in [0.2, 0.25) is 0 Å². The number of phenols is 1. The van der Waals surface area contributed by atoms with Crippen molar-refractivity contribution in [3.8, 4) is 5.75 Å². The van der Waals surface area contributed by atoms with Gasteiger partial charge in [-0.1, -0.05) is 52.0 Å². The van der Waals surface area contributed by atoms with Crippen molar-refractivity contribution in [2.24, 2.45) is 0 Å². The number of rotatable bonds is 7. The average Bonchev–Trinajstić information content (AvgIpc) is 3.37. The van der Waals surface area contributed by atoms with E-state index in [1.54, 1.807) is 0 Å². The number of fused-ring (bicyclic) bond motifs is 1. The molecule has 2 aromatic carbocycles. The third-order valence-electron chi connectivity index (χ3n) is 6.22. The summed E-state index contributed by atoms with van der Waals surface area (Å²) in [6, 6.07) is 12.5. The number of carbonyl (C=O) groups is 1. The smallest absolute Gasteiger partial charge is 0.407 e. The third kappa shape index (κ3) is 6.54. The number of cyclic esters (lactones) is 1. The molecule has 2 heterocycles. The van der Waals surface area contributed by atoms with Gasteiger partial charge in [-0.3, -0.25) is 0 Å². The van der Waals surface area contributed by atoms with E-state index < -0.39 is 0 Å². The van der Waals surface area contributed by atoms with E-state index in [0.717, 1.165) is 30.5 Å². The first kappa shape index (κ1) is 25.6. The highest BCUT2D eigenvalue weighted by molar-refractivity contribution is 5.84. The zero-order valence-electron chi connectivity index (χ0n) is 21.3. The maximum absolute atomic E-state index is 11.1. The quantitative estimate of drug-likeness (QED) is 0.427. The van der Waals surface area contributed by atoms with Gasteiger partial charge in [-0.15, -0.1) is 0 Å². The number of benzene rings is 2. The summed E-state index contributed by atoms with van der Waals surface area (Å²) in [6.07, 6.45) is 3.62. The molecule has 1 aromatic heterocycles. The number of hydrogen-bond donors (Lipinski definition) is 3. The fraction of sp³-hybridized carbons (Fsp3) is 0.464. The molecule has 1 atom stereocenters. The molecule has 0 aliphatic carbocycles. The van der Waals surface area contributed by atoms with E-state index in [9.17, 15) is 9.90 Å². The molecule has 1 amide bonds. The molecule has 0 unspecified atom stereocenters. The normalized spacial score (nSPS) is 15.6. The second-order valence-corrected chi connectivity index (χ2v) is 9.99. The zero-order valence-corrected chi connectivity index (χ0v) is 21.3. The van der Waals surface area contributed by atoms with Gasteiger partial charge in [-0.25, -0.2) is 4.79 Å². The van der Waals surface area contributed by atoms with Gasteiger partial charge in [0.2, 0.25) is 0 Å². The zero-order chi connectivity index (χ0) is 24.8. The summed E-state index contributed by atoms with van der Waals surface area (Å²) in [7, 11) is 4.17. The fourth-order valence-corrected chi connectivity index (χ4v) is 4.24. The predicted octanol–water partition coefficient (Wildman–Crippen LogP) is 5.56. The molecule has 3 N–H and O–H groups in total. The van der Waals surface area contributed by atoms with Crippen molar-refractivity contribution in [2.75, 3.05) is 27.2 Å². The molecule has 6 heteroatoms. The van der Waals surface area contributed by atoms with Crippen LogP contribution in [-0.2, 0) is 17.6 Å². The van der Waals surface area contributed by atoms with E-state index in [4.69, 9.17) is 4.74 Å². The highest BCUT2D eigenvalue weighted by Gasteiger charge is 2.22. The van der Waals surface area contributed by atoms with E-state index in [-0.39, 0.29) is 12.1 Å². The van der Waals surface area contributed by atoms with Gasteiger partial charge >= 0.3 is 6.09 Å². The van der Waals surface area contributed by atoms with Crippen LogP contribution < -0.4 is 5.32 Å². The first-order chi connectivity index (χ1) is 16.2. The molecule has 3 aromatic rings. The largest absolute Gasteiger partial charge is 0.507 e. The maximum Gasteiger partial charge on any atom is 0.407 e. The van der Waals surface area contributed by atoms with Crippen molar-refractivity contribution in [2.45, 2.75) is 58.4 Å². The summed E-state index contributed by atoms with van der Waals surface area (Å²) in [6.45, 7) is 9.87. The lowest BCUT2D eigenvalue weighted by molar-refractivity contribution is 0.177. The summed E-state index contributed by atoms with van der Waals surface area (Å²) in [5.74, 6) is 1.25. The van der Waals surface area contributed by atoms with Gasteiger partial charge in [-0.2, -0.15) is 0 Å². The van der Waals surface area contributed by atoms with Crippen LogP contribution in [0.15, 0.2) is 42.6 Å². The highest BCUT2D eigenvalue weighted by atomic mass is 16.6. The number of likely N-dealkylation sites (N-methyl/N-ethyl adjacent to an activating group) is 1. The van der Waals surface area contributed by atoms with Crippen LogP contribution in [0.4, 0.5) is 4.79 Å². The number of alkyl carbamates (subject to hydrolysis) is 1. The Morgan fingerprint density at radius 1 is 1.09 bits per heavy atom. The number of aromatic hydroxyl groups is 1. The van der Waals surface area contributed by atoms with Crippen molar-refractivity contribution in [1.82, 2.24) is 15.2 Å². The van der Waals surface area contributed by atoms with Crippen LogP contribution in [-0.4, -0.2) is 54.4 Å². The molecule has 1 fully saturated rings. The highest BCUT2D eigenvalue weighted by Crippen LogP contribution is 2.32. The number of nitrogens with zero attached hydrogens (tertiary/aromatic N) is 1. The monoisotopic (exact) mass is 465 g/mol. The second kappa shape index (κ2) is 11.4. The standard InChI is InChI=1S/C16H21N3O2.C12H18O/c1-19(2)6-5-12-9-17-15-4-3-11(8-14(12)15)7-13-10-21-16(20)18-13;1-8(2)10-6-5-7-11(9(3)4)12(10)13/h3-4,8-9,13,17H,5-7,10H2,1-2H3,(H,18,20);5-9,13H,1-4H3/t13-;/m0./s1. The number of nitrogens with one attached hydrogen (secondary N) is 2. The maximum atomic E-state index is 11.1. The van der Waals surface area contributed by atoms with Crippen molar-refractivity contribution in [3.05, 3.63) is 64.8 Å². The number of carbonyl (C=O) groups excluding carboxylic acids is 1. The molecular formula is C28H39N3O3. The number of hydrogen-bond acceptors (Lipinski definition) is 4. The molecule has 1 aliphatic rings. The minimum Gasteiger partial charge on any atom is -0.507 e. The topological polar surface area (TPSA) is 77.6 Å². The van der Waals surface area contributed by atoms with Crippen molar-refractivity contribution in [1.29, 1.82) is 0 Å². The van der Waals surface area contributed by atoms with Crippen LogP contribution in [0.1, 0.15) is 61.8 Å². The Kier molecular flexibility index (Phi) is 8.61. The van der Waals surface area contributed by atoms with Crippen LogP contribution in [0.25, 0.3) is 10.9 Å². The average molecular weight is 466 g/mol. The summed E-state index contributed by atoms with van der Waals surface area (Å²) in [5, 5.41) is 14.0. The number of aromatic amines is 1. The molecule has 0 radical (unpaired) electrons. The minimum absolute atomic E-state index is 0.0825. The predicted molar refractivity (Wildman–Crippen MR) is 139 cm³/mol. The number of ether oxygens (including phenoxy) is 1. The van der Waals surface area contributed by atoms with Crippen molar-refractivity contribution in [3.63, 3.8) is 0 Å². The van der Waals surface area contributed by atoms with Crippen LogP contribution in [0.5, 0.6) is 5.75 Å². The molecule has 34 heavy (non-hydrogen) atoms. The lowest BCUT2D eigenvalue weighted by Gasteiger charge is -2.14.